The van der Waals surface area contributed by atoms with Crippen LogP contribution in [0.15, 0.2) is 54.6 Å². The number of likely N-dealkylation sites (N-methyl/N-ethyl adjacent to an activating group) is 1. The number of urea groups is 1. The van der Waals surface area contributed by atoms with E-state index in [2.05, 4.69) is 5.32 Å². The first-order chi connectivity index (χ1) is 11.8. The molecule has 0 unspecified atom stereocenters. The number of hydrogen-bond donors (Lipinski definition) is 2. The molecule has 0 fully saturated rings. The number of benzene rings is 2. The number of hydrogen-bond acceptors (Lipinski definition) is 3. The molecule has 2 N–H and O–H groups in total. The summed E-state index contributed by atoms with van der Waals surface area (Å²) in [5, 5.41) is 12.7. The van der Waals surface area contributed by atoms with Crippen LogP contribution in [0.5, 0.6) is 0 Å². The molecule has 0 aliphatic rings. The maximum atomic E-state index is 12.5. The average molecular weight is 340 g/mol. The second-order valence-corrected chi connectivity index (χ2v) is 6.53. The van der Waals surface area contributed by atoms with Crippen molar-refractivity contribution in [3.05, 3.63) is 65.7 Å². The monoisotopic (exact) mass is 340 g/mol. The molecule has 0 aliphatic carbocycles. The van der Waals surface area contributed by atoms with Crippen LogP contribution in [0.2, 0.25) is 0 Å². The summed E-state index contributed by atoms with van der Waals surface area (Å²) in [6, 6.07) is 15.5. The standard InChI is InChI=1S/C20H24N2O3/c1-4-22(14-20(2,3)25)19(24)21-17-12-8-11-16(13-17)18(23)15-9-6-5-7-10-15/h5-13,25H,4,14H2,1-3H3,(H,21,24). The Labute approximate surface area is 148 Å². The normalized spacial score (nSPS) is 11.0. The second-order valence-electron chi connectivity index (χ2n) is 6.53. The lowest BCUT2D eigenvalue weighted by molar-refractivity contribution is 0.0501. The van der Waals surface area contributed by atoms with E-state index >= 15 is 0 Å². The molecular weight excluding hydrogens is 316 g/mol. The molecule has 0 atom stereocenters. The van der Waals surface area contributed by atoms with E-state index in [9.17, 15) is 14.7 Å². The van der Waals surface area contributed by atoms with Gasteiger partial charge >= 0.3 is 6.03 Å². The molecule has 2 rings (SSSR count). The molecule has 0 radical (unpaired) electrons. The number of rotatable bonds is 6. The number of nitrogens with zero attached hydrogens (tertiary/aromatic N) is 1. The summed E-state index contributed by atoms with van der Waals surface area (Å²) in [5.74, 6) is -0.0967. The van der Waals surface area contributed by atoms with Crippen molar-refractivity contribution in [2.45, 2.75) is 26.4 Å². The van der Waals surface area contributed by atoms with Crippen LogP contribution >= 0.6 is 0 Å². The van der Waals surface area contributed by atoms with Crippen molar-refractivity contribution in [1.82, 2.24) is 4.90 Å². The van der Waals surface area contributed by atoms with Crippen molar-refractivity contribution in [3.8, 4) is 0 Å². The minimum atomic E-state index is -0.974. The summed E-state index contributed by atoms with van der Waals surface area (Å²) in [6.45, 7) is 5.85. The molecule has 25 heavy (non-hydrogen) atoms. The number of ketones is 1. The molecule has 132 valence electrons. The van der Waals surface area contributed by atoms with E-state index in [0.717, 1.165) is 0 Å². The van der Waals surface area contributed by atoms with Crippen LogP contribution in [0.1, 0.15) is 36.7 Å². The Morgan fingerprint density at radius 3 is 2.28 bits per heavy atom. The van der Waals surface area contributed by atoms with E-state index in [0.29, 0.717) is 23.4 Å². The fourth-order valence-corrected chi connectivity index (χ4v) is 2.49. The van der Waals surface area contributed by atoms with Gasteiger partial charge in [-0.05, 0) is 32.9 Å². The number of anilines is 1. The Kier molecular flexibility index (Phi) is 5.93. The molecule has 0 saturated heterocycles. The van der Waals surface area contributed by atoms with Crippen molar-refractivity contribution in [1.29, 1.82) is 0 Å². The molecule has 0 spiro atoms. The Hall–Kier alpha value is -2.66. The molecular formula is C20H24N2O3. The molecule has 0 heterocycles. The van der Waals surface area contributed by atoms with Gasteiger partial charge in [0.15, 0.2) is 5.78 Å². The lowest BCUT2D eigenvalue weighted by Gasteiger charge is -2.28. The summed E-state index contributed by atoms with van der Waals surface area (Å²) in [4.78, 5) is 26.4. The third kappa shape index (κ3) is 5.43. The smallest absolute Gasteiger partial charge is 0.321 e. The van der Waals surface area contributed by atoms with Crippen LogP contribution in [0.4, 0.5) is 10.5 Å². The van der Waals surface area contributed by atoms with Crippen molar-refractivity contribution in [3.63, 3.8) is 0 Å². The highest BCUT2D eigenvalue weighted by atomic mass is 16.3. The Balaban J connectivity index is 2.13. The zero-order valence-electron chi connectivity index (χ0n) is 14.8. The van der Waals surface area contributed by atoms with Crippen molar-refractivity contribution < 1.29 is 14.7 Å². The van der Waals surface area contributed by atoms with Gasteiger partial charge in [0.2, 0.25) is 0 Å². The maximum Gasteiger partial charge on any atom is 0.321 e. The Morgan fingerprint density at radius 1 is 1.04 bits per heavy atom. The van der Waals surface area contributed by atoms with Crippen LogP contribution in [-0.2, 0) is 0 Å². The predicted octanol–water partition coefficient (Wildman–Crippen LogP) is 3.54. The van der Waals surface area contributed by atoms with Gasteiger partial charge in [-0.2, -0.15) is 0 Å². The zero-order valence-corrected chi connectivity index (χ0v) is 14.8. The molecule has 0 bridgehead atoms. The number of amides is 2. The first-order valence-corrected chi connectivity index (χ1v) is 8.28. The minimum Gasteiger partial charge on any atom is -0.389 e. The van der Waals surface area contributed by atoms with E-state index in [1.54, 1.807) is 50.2 Å². The third-order valence-corrected chi connectivity index (χ3v) is 3.66. The lowest BCUT2D eigenvalue weighted by atomic mass is 10.0. The van der Waals surface area contributed by atoms with Gasteiger partial charge in [0, 0.05) is 23.4 Å². The number of nitrogens with one attached hydrogen (secondary N) is 1. The summed E-state index contributed by atoms with van der Waals surface area (Å²) >= 11 is 0. The minimum absolute atomic E-state index is 0.0967. The lowest BCUT2D eigenvalue weighted by Crippen LogP contribution is -2.44. The van der Waals surface area contributed by atoms with Crippen molar-refractivity contribution in [2.24, 2.45) is 0 Å². The molecule has 5 nitrogen and oxygen atoms in total. The second kappa shape index (κ2) is 7.94. The highest BCUT2D eigenvalue weighted by molar-refractivity contribution is 6.09. The van der Waals surface area contributed by atoms with Gasteiger partial charge in [0.05, 0.1) is 12.1 Å². The molecule has 0 aromatic heterocycles. The van der Waals surface area contributed by atoms with Crippen molar-refractivity contribution in [2.75, 3.05) is 18.4 Å². The van der Waals surface area contributed by atoms with Crippen LogP contribution < -0.4 is 5.32 Å². The maximum absolute atomic E-state index is 12.5. The summed E-state index contributed by atoms with van der Waals surface area (Å²) in [5.41, 5.74) is 0.678. The SMILES string of the molecule is CCN(CC(C)(C)O)C(=O)Nc1cccc(C(=O)c2ccccc2)c1. The number of aliphatic hydroxyl groups is 1. The fourth-order valence-electron chi connectivity index (χ4n) is 2.49. The van der Waals surface area contributed by atoms with Gasteiger partial charge in [-0.3, -0.25) is 4.79 Å². The molecule has 0 aliphatic heterocycles. The molecule has 2 aromatic carbocycles. The average Bonchev–Trinajstić information content (AvgIpc) is 2.59. The van der Waals surface area contributed by atoms with E-state index in [1.807, 2.05) is 25.1 Å². The van der Waals surface area contributed by atoms with Crippen molar-refractivity contribution >= 4 is 17.5 Å². The molecule has 0 saturated carbocycles. The van der Waals surface area contributed by atoms with Crippen LogP contribution in [0.3, 0.4) is 0 Å². The molecule has 2 aromatic rings. The van der Waals surface area contributed by atoms with Gasteiger partial charge in [-0.15, -0.1) is 0 Å². The number of carbonyl (C=O) groups is 2. The van der Waals surface area contributed by atoms with E-state index in [1.165, 1.54) is 4.90 Å². The number of carbonyl (C=O) groups excluding carboxylic acids is 2. The highest BCUT2D eigenvalue weighted by Gasteiger charge is 2.21. The van der Waals surface area contributed by atoms with E-state index in [4.69, 9.17) is 0 Å². The first-order valence-electron chi connectivity index (χ1n) is 8.28. The quantitative estimate of drug-likeness (QED) is 0.790. The summed E-state index contributed by atoms with van der Waals surface area (Å²) < 4.78 is 0. The van der Waals surface area contributed by atoms with Gasteiger partial charge in [-0.1, -0.05) is 42.5 Å². The van der Waals surface area contributed by atoms with Crippen LogP contribution in [0, 0.1) is 0 Å². The molecule has 2 amide bonds. The van der Waals surface area contributed by atoms with Crippen LogP contribution in [0.25, 0.3) is 0 Å². The van der Waals surface area contributed by atoms with Gasteiger partial charge in [0.25, 0.3) is 0 Å². The van der Waals surface area contributed by atoms with Crippen LogP contribution in [-0.4, -0.2) is 40.5 Å². The zero-order chi connectivity index (χ0) is 18.4. The topological polar surface area (TPSA) is 69.6 Å². The highest BCUT2D eigenvalue weighted by Crippen LogP contribution is 2.16. The Bertz CT molecular complexity index is 736. The predicted molar refractivity (Wildman–Crippen MR) is 98.9 cm³/mol. The molecule has 5 heteroatoms. The van der Waals surface area contributed by atoms with E-state index in [-0.39, 0.29) is 18.4 Å². The fraction of sp³-hybridized carbons (Fsp3) is 0.300. The summed E-state index contributed by atoms with van der Waals surface area (Å²) in [7, 11) is 0. The summed E-state index contributed by atoms with van der Waals surface area (Å²) in [6.07, 6.45) is 0. The first kappa shape index (κ1) is 18.7. The van der Waals surface area contributed by atoms with Gasteiger partial charge in [0.1, 0.15) is 0 Å². The van der Waals surface area contributed by atoms with E-state index < -0.39 is 5.60 Å². The Morgan fingerprint density at radius 2 is 1.68 bits per heavy atom. The largest absolute Gasteiger partial charge is 0.389 e. The van der Waals surface area contributed by atoms with Gasteiger partial charge in [-0.25, -0.2) is 4.79 Å². The van der Waals surface area contributed by atoms with Gasteiger partial charge < -0.3 is 15.3 Å². The third-order valence-electron chi connectivity index (χ3n) is 3.66.